The fourth-order valence-corrected chi connectivity index (χ4v) is 5.22. The van der Waals surface area contributed by atoms with E-state index in [-0.39, 0.29) is 28.6 Å². The molecule has 1 saturated heterocycles. The summed E-state index contributed by atoms with van der Waals surface area (Å²) >= 11 is 0. The van der Waals surface area contributed by atoms with Gasteiger partial charge < -0.3 is 10.4 Å². The van der Waals surface area contributed by atoms with Gasteiger partial charge in [0.2, 0.25) is 10.0 Å². The van der Waals surface area contributed by atoms with Crippen LogP contribution in [0.4, 0.5) is 8.78 Å². The normalized spacial score (nSPS) is 18.7. The molecule has 2 aromatic rings. The van der Waals surface area contributed by atoms with Gasteiger partial charge in [0.05, 0.1) is 11.0 Å². The van der Waals surface area contributed by atoms with Gasteiger partial charge in [-0.05, 0) is 50.1 Å². The smallest absolute Gasteiger partial charge is 0.251 e. The lowest BCUT2D eigenvalue weighted by Crippen LogP contribution is -2.41. The molecule has 0 saturated carbocycles. The van der Waals surface area contributed by atoms with Gasteiger partial charge in [-0.3, -0.25) is 4.79 Å². The Morgan fingerprint density at radius 2 is 1.90 bits per heavy atom. The molecule has 0 radical (unpaired) electrons. The van der Waals surface area contributed by atoms with Crippen LogP contribution in [0.1, 0.15) is 48.2 Å². The number of rotatable bonds is 6. The SMILES string of the molecule is CC1CCCCN1S(=O)(=O)c1ccc(C(=O)NCC(O)c2ccc(F)cc2F)cc1. The average molecular weight is 438 g/mol. The van der Waals surface area contributed by atoms with Crippen LogP contribution in [-0.4, -0.2) is 42.9 Å². The van der Waals surface area contributed by atoms with Crippen LogP contribution in [0, 0.1) is 11.6 Å². The average Bonchev–Trinajstić information content (AvgIpc) is 2.72. The minimum Gasteiger partial charge on any atom is -0.386 e. The van der Waals surface area contributed by atoms with Crippen LogP contribution in [0.15, 0.2) is 47.4 Å². The summed E-state index contributed by atoms with van der Waals surface area (Å²) in [6.07, 6.45) is 1.28. The monoisotopic (exact) mass is 438 g/mol. The first-order valence-electron chi connectivity index (χ1n) is 9.73. The van der Waals surface area contributed by atoms with Gasteiger partial charge in [-0.1, -0.05) is 12.5 Å². The van der Waals surface area contributed by atoms with E-state index in [1.54, 1.807) is 0 Å². The standard InChI is InChI=1S/C21H24F2N2O4S/c1-14-4-2-3-11-25(14)30(28,29)17-8-5-15(6-9-17)21(27)24-13-20(26)18-10-7-16(22)12-19(18)23/h5-10,12,14,20,26H,2-4,11,13H2,1H3,(H,24,27). The van der Waals surface area contributed by atoms with Gasteiger partial charge in [-0.25, -0.2) is 17.2 Å². The quantitative estimate of drug-likeness (QED) is 0.726. The molecule has 1 amide bonds. The van der Waals surface area contributed by atoms with Crippen molar-refractivity contribution < 1.29 is 27.1 Å². The second-order valence-corrected chi connectivity index (χ2v) is 9.27. The summed E-state index contributed by atoms with van der Waals surface area (Å²) in [7, 11) is -3.63. The summed E-state index contributed by atoms with van der Waals surface area (Å²) in [5.41, 5.74) is 0.0706. The van der Waals surface area contributed by atoms with Crippen LogP contribution in [0.25, 0.3) is 0 Å². The maximum atomic E-state index is 13.7. The number of benzene rings is 2. The van der Waals surface area contributed by atoms with Crippen LogP contribution in [0.2, 0.25) is 0 Å². The zero-order valence-corrected chi connectivity index (χ0v) is 17.3. The van der Waals surface area contributed by atoms with E-state index in [4.69, 9.17) is 0 Å². The highest BCUT2D eigenvalue weighted by molar-refractivity contribution is 7.89. The maximum Gasteiger partial charge on any atom is 0.251 e. The molecular weight excluding hydrogens is 414 g/mol. The minimum atomic E-state index is -3.63. The number of halogens is 2. The first kappa shape index (κ1) is 22.3. The number of piperidine rings is 1. The summed E-state index contributed by atoms with van der Waals surface area (Å²) in [6, 6.07) is 8.25. The second kappa shape index (κ2) is 9.20. The molecule has 1 aliphatic rings. The van der Waals surface area contributed by atoms with E-state index in [9.17, 15) is 27.1 Å². The van der Waals surface area contributed by atoms with Crippen molar-refractivity contribution in [2.24, 2.45) is 0 Å². The number of carbonyl (C=O) groups excluding carboxylic acids is 1. The molecule has 1 aliphatic heterocycles. The van der Waals surface area contributed by atoms with Gasteiger partial charge in [-0.2, -0.15) is 4.31 Å². The van der Waals surface area contributed by atoms with E-state index in [1.807, 2.05) is 6.92 Å². The molecule has 0 bridgehead atoms. The third-order valence-corrected chi connectivity index (χ3v) is 7.27. The number of sulfonamides is 1. The predicted molar refractivity (Wildman–Crippen MR) is 107 cm³/mol. The summed E-state index contributed by atoms with van der Waals surface area (Å²) < 4.78 is 53.8. The Kier molecular flexibility index (Phi) is 6.84. The lowest BCUT2D eigenvalue weighted by atomic mass is 10.1. The number of nitrogens with zero attached hydrogens (tertiary/aromatic N) is 1. The van der Waals surface area contributed by atoms with Crippen molar-refractivity contribution >= 4 is 15.9 Å². The van der Waals surface area contributed by atoms with E-state index >= 15 is 0 Å². The van der Waals surface area contributed by atoms with Gasteiger partial charge in [0.1, 0.15) is 11.6 Å². The Morgan fingerprint density at radius 3 is 2.53 bits per heavy atom. The van der Waals surface area contributed by atoms with E-state index in [0.717, 1.165) is 31.4 Å². The van der Waals surface area contributed by atoms with E-state index in [1.165, 1.54) is 28.6 Å². The molecule has 2 unspecified atom stereocenters. The lowest BCUT2D eigenvalue weighted by Gasteiger charge is -2.32. The summed E-state index contributed by atoms with van der Waals surface area (Å²) in [6.45, 7) is 2.07. The number of aliphatic hydroxyl groups excluding tert-OH is 1. The number of aliphatic hydroxyl groups is 1. The van der Waals surface area contributed by atoms with Crippen molar-refractivity contribution in [3.8, 4) is 0 Å². The lowest BCUT2D eigenvalue weighted by molar-refractivity contribution is 0.0914. The Labute approximate surface area is 174 Å². The van der Waals surface area contributed by atoms with Crippen molar-refractivity contribution in [2.75, 3.05) is 13.1 Å². The molecule has 0 aromatic heterocycles. The number of hydrogen-bond acceptors (Lipinski definition) is 4. The molecule has 2 N–H and O–H groups in total. The first-order valence-corrected chi connectivity index (χ1v) is 11.2. The van der Waals surface area contributed by atoms with Crippen LogP contribution >= 0.6 is 0 Å². The highest BCUT2D eigenvalue weighted by atomic mass is 32.2. The second-order valence-electron chi connectivity index (χ2n) is 7.38. The summed E-state index contributed by atoms with van der Waals surface area (Å²) in [4.78, 5) is 12.4. The van der Waals surface area contributed by atoms with Gasteiger partial charge in [0.25, 0.3) is 5.91 Å². The molecule has 1 heterocycles. The molecule has 0 aliphatic carbocycles. The molecule has 0 spiro atoms. The highest BCUT2D eigenvalue weighted by Gasteiger charge is 2.30. The zero-order valence-electron chi connectivity index (χ0n) is 16.5. The molecule has 9 heteroatoms. The largest absolute Gasteiger partial charge is 0.386 e. The third-order valence-electron chi connectivity index (χ3n) is 5.24. The fourth-order valence-electron chi connectivity index (χ4n) is 3.52. The maximum absolute atomic E-state index is 13.7. The molecular formula is C21H24F2N2O4S. The predicted octanol–water partition coefficient (Wildman–Crippen LogP) is 2.99. The fraction of sp³-hybridized carbons (Fsp3) is 0.381. The topological polar surface area (TPSA) is 86.7 Å². The Balaban J connectivity index is 1.65. The number of hydrogen-bond donors (Lipinski definition) is 2. The Morgan fingerprint density at radius 1 is 1.20 bits per heavy atom. The molecule has 162 valence electrons. The van der Waals surface area contributed by atoms with E-state index in [0.29, 0.717) is 12.6 Å². The van der Waals surface area contributed by atoms with Gasteiger partial charge in [0, 0.05) is 36.3 Å². The minimum absolute atomic E-state index is 0.0694. The number of amides is 1. The van der Waals surface area contributed by atoms with Crippen LogP contribution in [-0.2, 0) is 10.0 Å². The molecule has 6 nitrogen and oxygen atoms in total. The van der Waals surface area contributed by atoms with Gasteiger partial charge in [-0.15, -0.1) is 0 Å². The zero-order chi connectivity index (χ0) is 21.9. The highest BCUT2D eigenvalue weighted by Crippen LogP contribution is 2.25. The first-order chi connectivity index (χ1) is 14.2. The van der Waals surface area contributed by atoms with Crippen molar-refractivity contribution in [3.05, 3.63) is 65.2 Å². The van der Waals surface area contributed by atoms with Crippen molar-refractivity contribution in [3.63, 3.8) is 0 Å². The molecule has 2 atom stereocenters. The van der Waals surface area contributed by atoms with Crippen molar-refractivity contribution in [1.29, 1.82) is 0 Å². The van der Waals surface area contributed by atoms with Crippen molar-refractivity contribution in [1.82, 2.24) is 9.62 Å². The van der Waals surface area contributed by atoms with Crippen LogP contribution in [0.5, 0.6) is 0 Å². The van der Waals surface area contributed by atoms with E-state index in [2.05, 4.69) is 5.32 Å². The summed E-state index contributed by atoms with van der Waals surface area (Å²) in [5.74, 6) is -2.22. The number of carbonyl (C=O) groups is 1. The van der Waals surface area contributed by atoms with Crippen LogP contribution < -0.4 is 5.32 Å². The Bertz CT molecular complexity index is 1010. The van der Waals surface area contributed by atoms with E-state index < -0.39 is 33.7 Å². The van der Waals surface area contributed by atoms with Gasteiger partial charge in [0.15, 0.2) is 0 Å². The third kappa shape index (κ3) is 4.85. The van der Waals surface area contributed by atoms with Crippen molar-refractivity contribution in [2.45, 2.75) is 43.2 Å². The molecule has 1 fully saturated rings. The summed E-state index contributed by atoms with van der Waals surface area (Å²) in [5, 5.41) is 12.5. The number of nitrogens with one attached hydrogen (secondary N) is 1. The molecule has 30 heavy (non-hydrogen) atoms. The molecule has 3 rings (SSSR count). The molecule has 2 aromatic carbocycles. The van der Waals surface area contributed by atoms with Crippen LogP contribution in [0.3, 0.4) is 0 Å². The van der Waals surface area contributed by atoms with Gasteiger partial charge >= 0.3 is 0 Å². The Hall–Kier alpha value is -2.36.